The Morgan fingerprint density at radius 2 is 1.68 bits per heavy atom. The Morgan fingerprint density at radius 3 is 2.32 bits per heavy atom. The molecule has 1 fully saturated rings. The standard InChI is InChI=1S/C18H20N6O/c19-12-13-6-8-15(9-7-13)20-16-10-11-17(24-23-16)22-18(25)21-14-4-2-1-3-5-14/h6-11,14H,1-5H2,(H,20,23)(H2,21,22,24,25). The van der Waals surface area contributed by atoms with Gasteiger partial charge in [0.2, 0.25) is 0 Å². The molecule has 1 saturated carbocycles. The van der Waals surface area contributed by atoms with Crippen LogP contribution in [0, 0.1) is 11.3 Å². The second-order valence-corrected chi connectivity index (χ2v) is 6.05. The maximum absolute atomic E-state index is 12.0. The molecule has 1 aromatic heterocycles. The molecule has 0 bridgehead atoms. The van der Waals surface area contributed by atoms with E-state index in [9.17, 15) is 4.79 Å². The molecule has 0 aliphatic heterocycles. The lowest BCUT2D eigenvalue weighted by molar-refractivity contribution is 0.244. The Bertz CT molecular complexity index is 745. The van der Waals surface area contributed by atoms with Crippen molar-refractivity contribution in [2.24, 2.45) is 0 Å². The third-order valence-electron chi connectivity index (χ3n) is 4.13. The molecule has 0 atom stereocenters. The Balaban J connectivity index is 1.52. The van der Waals surface area contributed by atoms with Crippen LogP contribution in [0.1, 0.15) is 37.7 Å². The van der Waals surface area contributed by atoms with Crippen LogP contribution in [0.2, 0.25) is 0 Å². The van der Waals surface area contributed by atoms with Crippen LogP contribution in [0.15, 0.2) is 36.4 Å². The summed E-state index contributed by atoms with van der Waals surface area (Å²) in [6, 6.07) is 12.5. The number of hydrogen-bond acceptors (Lipinski definition) is 5. The number of carbonyl (C=O) groups is 1. The monoisotopic (exact) mass is 336 g/mol. The van der Waals surface area contributed by atoms with Crippen LogP contribution >= 0.6 is 0 Å². The summed E-state index contributed by atoms with van der Waals surface area (Å²) in [6.45, 7) is 0. The van der Waals surface area contributed by atoms with Crippen LogP contribution in [0.3, 0.4) is 0 Å². The van der Waals surface area contributed by atoms with Crippen molar-refractivity contribution in [1.29, 1.82) is 5.26 Å². The lowest BCUT2D eigenvalue weighted by atomic mass is 9.96. The Morgan fingerprint density at radius 1 is 1.00 bits per heavy atom. The van der Waals surface area contributed by atoms with Crippen LogP contribution in [0.25, 0.3) is 0 Å². The molecule has 0 unspecified atom stereocenters. The minimum atomic E-state index is -0.242. The second-order valence-electron chi connectivity index (χ2n) is 6.05. The van der Waals surface area contributed by atoms with Crippen molar-refractivity contribution in [3.8, 4) is 6.07 Å². The molecule has 3 rings (SSSR count). The zero-order chi connectivity index (χ0) is 17.5. The van der Waals surface area contributed by atoms with Crippen molar-refractivity contribution in [2.75, 3.05) is 10.6 Å². The number of amides is 2. The molecular weight excluding hydrogens is 316 g/mol. The first kappa shape index (κ1) is 16.7. The number of benzene rings is 1. The van der Waals surface area contributed by atoms with Gasteiger partial charge in [-0.05, 0) is 49.2 Å². The van der Waals surface area contributed by atoms with Gasteiger partial charge in [-0.2, -0.15) is 5.26 Å². The quantitative estimate of drug-likeness (QED) is 0.792. The Kier molecular flexibility index (Phi) is 5.42. The number of nitriles is 1. The number of rotatable bonds is 4. The number of nitrogens with one attached hydrogen (secondary N) is 3. The van der Waals surface area contributed by atoms with Crippen molar-refractivity contribution in [1.82, 2.24) is 15.5 Å². The van der Waals surface area contributed by atoms with E-state index in [0.717, 1.165) is 18.5 Å². The predicted octanol–water partition coefficient (Wildman–Crippen LogP) is 3.55. The molecule has 7 nitrogen and oxygen atoms in total. The zero-order valence-electron chi connectivity index (χ0n) is 13.8. The molecule has 0 saturated heterocycles. The summed E-state index contributed by atoms with van der Waals surface area (Å²) < 4.78 is 0. The minimum Gasteiger partial charge on any atom is -0.339 e. The molecule has 2 aromatic rings. The predicted molar refractivity (Wildman–Crippen MR) is 95.5 cm³/mol. The van der Waals surface area contributed by atoms with Crippen molar-refractivity contribution in [2.45, 2.75) is 38.1 Å². The van der Waals surface area contributed by atoms with Crippen LogP contribution < -0.4 is 16.0 Å². The van der Waals surface area contributed by atoms with Gasteiger partial charge in [0.05, 0.1) is 11.6 Å². The topological polar surface area (TPSA) is 103 Å². The van der Waals surface area contributed by atoms with E-state index in [1.54, 1.807) is 36.4 Å². The van der Waals surface area contributed by atoms with Crippen LogP contribution in [0.5, 0.6) is 0 Å². The van der Waals surface area contributed by atoms with Gasteiger partial charge in [-0.15, -0.1) is 10.2 Å². The van der Waals surface area contributed by atoms with Crippen molar-refractivity contribution in [3.63, 3.8) is 0 Å². The van der Waals surface area contributed by atoms with E-state index in [-0.39, 0.29) is 12.1 Å². The van der Waals surface area contributed by atoms with Gasteiger partial charge in [0.25, 0.3) is 0 Å². The fraction of sp³-hybridized carbons (Fsp3) is 0.333. The summed E-state index contributed by atoms with van der Waals surface area (Å²) in [5.74, 6) is 0.960. The third-order valence-corrected chi connectivity index (χ3v) is 4.13. The number of nitrogens with zero attached hydrogens (tertiary/aromatic N) is 3. The smallest absolute Gasteiger partial charge is 0.320 e. The lowest BCUT2D eigenvalue weighted by Crippen LogP contribution is -2.39. The molecular formula is C18H20N6O. The lowest BCUT2D eigenvalue weighted by Gasteiger charge is -2.22. The summed E-state index contributed by atoms with van der Waals surface area (Å²) in [4.78, 5) is 12.0. The van der Waals surface area contributed by atoms with Crippen molar-refractivity contribution in [3.05, 3.63) is 42.0 Å². The van der Waals surface area contributed by atoms with E-state index in [4.69, 9.17) is 5.26 Å². The first-order valence-electron chi connectivity index (χ1n) is 8.41. The second kappa shape index (κ2) is 8.11. The maximum Gasteiger partial charge on any atom is 0.320 e. The maximum atomic E-state index is 12.0. The van der Waals surface area contributed by atoms with Gasteiger partial charge in [-0.25, -0.2) is 4.79 Å². The normalized spacial score (nSPS) is 14.4. The number of hydrogen-bond donors (Lipinski definition) is 3. The van der Waals surface area contributed by atoms with Gasteiger partial charge in [0, 0.05) is 11.7 Å². The van der Waals surface area contributed by atoms with E-state index < -0.39 is 0 Å². The van der Waals surface area contributed by atoms with E-state index >= 15 is 0 Å². The molecule has 7 heteroatoms. The summed E-state index contributed by atoms with van der Waals surface area (Å²) >= 11 is 0. The van der Waals surface area contributed by atoms with Gasteiger partial charge in [0.15, 0.2) is 11.6 Å². The number of carbonyl (C=O) groups excluding carboxylic acids is 1. The molecule has 0 spiro atoms. The molecule has 3 N–H and O–H groups in total. The highest BCUT2D eigenvalue weighted by molar-refractivity contribution is 5.88. The highest BCUT2D eigenvalue weighted by atomic mass is 16.2. The molecule has 1 aliphatic rings. The van der Waals surface area contributed by atoms with Gasteiger partial charge >= 0.3 is 6.03 Å². The third kappa shape index (κ3) is 4.91. The fourth-order valence-corrected chi connectivity index (χ4v) is 2.83. The Labute approximate surface area is 146 Å². The highest BCUT2D eigenvalue weighted by Gasteiger charge is 2.15. The molecule has 128 valence electrons. The highest BCUT2D eigenvalue weighted by Crippen LogP contribution is 2.18. The molecule has 1 heterocycles. The largest absolute Gasteiger partial charge is 0.339 e. The summed E-state index contributed by atoms with van der Waals surface area (Å²) in [5, 5.41) is 25.6. The van der Waals surface area contributed by atoms with Crippen LogP contribution in [-0.2, 0) is 0 Å². The van der Waals surface area contributed by atoms with Crippen molar-refractivity contribution < 1.29 is 4.79 Å². The average molecular weight is 336 g/mol. The van der Waals surface area contributed by atoms with E-state index in [1.807, 2.05) is 0 Å². The molecule has 25 heavy (non-hydrogen) atoms. The van der Waals surface area contributed by atoms with Gasteiger partial charge < -0.3 is 10.6 Å². The number of urea groups is 1. The summed E-state index contributed by atoms with van der Waals surface area (Å²) in [7, 11) is 0. The fourth-order valence-electron chi connectivity index (χ4n) is 2.83. The summed E-state index contributed by atoms with van der Waals surface area (Å²) in [6.07, 6.45) is 5.65. The first-order valence-corrected chi connectivity index (χ1v) is 8.41. The zero-order valence-corrected chi connectivity index (χ0v) is 13.8. The van der Waals surface area contributed by atoms with Gasteiger partial charge in [-0.3, -0.25) is 5.32 Å². The molecule has 0 radical (unpaired) electrons. The molecule has 1 aromatic carbocycles. The number of anilines is 3. The van der Waals surface area contributed by atoms with Crippen LogP contribution in [-0.4, -0.2) is 22.3 Å². The van der Waals surface area contributed by atoms with E-state index in [0.29, 0.717) is 17.2 Å². The van der Waals surface area contributed by atoms with Crippen molar-refractivity contribution >= 4 is 23.4 Å². The summed E-state index contributed by atoms with van der Waals surface area (Å²) in [5.41, 5.74) is 1.41. The first-order chi connectivity index (χ1) is 12.2. The van der Waals surface area contributed by atoms with E-state index in [2.05, 4.69) is 32.2 Å². The minimum absolute atomic E-state index is 0.242. The van der Waals surface area contributed by atoms with E-state index in [1.165, 1.54) is 19.3 Å². The van der Waals surface area contributed by atoms with Crippen LogP contribution in [0.4, 0.5) is 22.1 Å². The van der Waals surface area contributed by atoms with Gasteiger partial charge in [0.1, 0.15) is 0 Å². The number of aromatic nitrogens is 2. The molecule has 1 aliphatic carbocycles. The molecule has 2 amide bonds. The average Bonchev–Trinajstić information content (AvgIpc) is 2.65. The SMILES string of the molecule is N#Cc1ccc(Nc2ccc(NC(=O)NC3CCCCC3)nn2)cc1. The Hall–Kier alpha value is -3.14. The van der Waals surface area contributed by atoms with Gasteiger partial charge in [-0.1, -0.05) is 19.3 Å².